The molecule has 2 aromatic rings. The molecule has 0 N–H and O–H groups in total. The van der Waals surface area contributed by atoms with Gasteiger partial charge in [0.25, 0.3) is 0 Å². The molecule has 2 aromatic carbocycles. The first kappa shape index (κ1) is 16.8. The Kier molecular flexibility index (Phi) is 5.67. The minimum atomic E-state index is -0.441. The third kappa shape index (κ3) is 3.59. The molecule has 1 atom stereocenters. The number of benzene rings is 2. The van der Waals surface area contributed by atoms with Crippen LogP contribution in [-0.4, -0.2) is 14.2 Å². The van der Waals surface area contributed by atoms with Crippen molar-refractivity contribution < 1.29 is 9.47 Å². The van der Waals surface area contributed by atoms with E-state index in [-0.39, 0.29) is 0 Å². The average molecular weight is 411 g/mol. The summed E-state index contributed by atoms with van der Waals surface area (Å²) in [6.07, 6.45) is 0. The van der Waals surface area contributed by atoms with Crippen LogP contribution in [0.1, 0.15) is 16.5 Å². The Labute approximate surface area is 147 Å². The molecular weight excluding hydrogens is 398 g/mol. The molecule has 2 nitrogen and oxygen atoms in total. The highest BCUT2D eigenvalue weighted by atomic mass is 79.9. The molecule has 0 saturated heterocycles. The third-order valence-electron chi connectivity index (χ3n) is 3.01. The molecule has 0 radical (unpaired) electrons. The summed E-state index contributed by atoms with van der Waals surface area (Å²) in [5, 5.41) is 0.645. The first-order valence-corrected chi connectivity index (χ1v) is 7.97. The van der Waals surface area contributed by atoms with Crippen LogP contribution in [0.25, 0.3) is 0 Å². The van der Waals surface area contributed by atoms with Crippen molar-refractivity contribution in [3.63, 3.8) is 0 Å². The highest BCUT2D eigenvalue weighted by Gasteiger charge is 2.20. The fourth-order valence-corrected chi connectivity index (χ4v) is 3.57. The van der Waals surface area contributed by atoms with E-state index in [1.807, 2.05) is 18.2 Å². The molecule has 0 aliphatic carbocycles. The van der Waals surface area contributed by atoms with Crippen LogP contribution in [0.4, 0.5) is 0 Å². The number of alkyl halides is 1. The summed E-state index contributed by atoms with van der Waals surface area (Å²) in [6, 6.07) is 8.87. The van der Waals surface area contributed by atoms with E-state index in [9.17, 15) is 0 Å². The maximum absolute atomic E-state index is 6.57. The zero-order chi connectivity index (χ0) is 15.6. The molecule has 0 aromatic heterocycles. The van der Waals surface area contributed by atoms with E-state index in [1.54, 1.807) is 26.4 Å². The lowest BCUT2D eigenvalue weighted by atomic mass is 10.0. The minimum absolute atomic E-state index is 0.441. The first-order valence-electron chi connectivity index (χ1n) is 5.98. The lowest BCUT2D eigenvalue weighted by Crippen LogP contribution is -1.99. The molecule has 0 spiro atoms. The molecule has 0 saturated carbocycles. The second kappa shape index (κ2) is 7.10. The summed E-state index contributed by atoms with van der Waals surface area (Å²) in [5.41, 5.74) is 1.61. The lowest BCUT2D eigenvalue weighted by molar-refractivity contribution is 0.354. The number of rotatable bonds is 4. The molecule has 2 rings (SSSR count). The molecule has 0 amide bonds. The van der Waals surface area contributed by atoms with Crippen LogP contribution in [0.15, 0.2) is 34.8 Å². The van der Waals surface area contributed by atoms with Crippen LogP contribution >= 0.6 is 50.7 Å². The van der Waals surface area contributed by atoms with Crippen LogP contribution < -0.4 is 9.47 Å². The van der Waals surface area contributed by atoms with Gasteiger partial charge in [-0.2, -0.15) is 0 Å². The SMILES string of the molecule is COc1cc(Br)c(C(Cl)c2ccc(Cl)cc2Cl)cc1OC. The van der Waals surface area contributed by atoms with Crippen molar-refractivity contribution in [2.45, 2.75) is 5.38 Å². The number of halogens is 4. The summed E-state index contributed by atoms with van der Waals surface area (Å²) in [5.74, 6) is 1.23. The Morgan fingerprint density at radius 2 is 1.57 bits per heavy atom. The van der Waals surface area contributed by atoms with Crippen molar-refractivity contribution in [2.75, 3.05) is 14.2 Å². The second-order valence-electron chi connectivity index (χ2n) is 4.26. The molecule has 0 aliphatic rings. The summed E-state index contributed by atoms with van der Waals surface area (Å²) in [6.45, 7) is 0. The molecule has 1 unspecified atom stereocenters. The summed E-state index contributed by atoms with van der Waals surface area (Å²) in [7, 11) is 3.16. The van der Waals surface area contributed by atoms with Crippen LogP contribution in [0, 0.1) is 0 Å². The summed E-state index contributed by atoms with van der Waals surface area (Å²) in [4.78, 5) is 0. The average Bonchev–Trinajstić information content (AvgIpc) is 2.46. The van der Waals surface area contributed by atoms with Gasteiger partial charge in [-0.1, -0.05) is 45.2 Å². The molecule has 6 heteroatoms. The predicted molar refractivity (Wildman–Crippen MR) is 91.4 cm³/mol. The lowest BCUT2D eigenvalue weighted by Gasteiger charge is -2.17. The fourth-order valence-electron chi connectivity index (χ4n) is 1.94. The van der Waals surface area contributed by atoms with Crippen LogP contribution in [0.2, 0.25) is 10.0 Å². The Balaban J connectivity index is 2.50. The van der Waals surface area contributed by atoms with Crippen molar-refractivity contribution in [1.29, 1.82) is 0 Å². The molecule has 112 valence electrons. The van der Waals surface area contributed by atoms with Gasteiger partial charge >= 0.3 is 0 Å². The zero-order valence-corrected chi connectivity index (χ0v) is 15.1. The maximum atomic E-state index is 6.57. The van der Waals surface area contributed by atoms with Gasteiger partial charge in [0.2, 0.25) is 0 Å². The normalized spacial score (nSPS) is 12.1. The third-order valence-corrected chi connectivity index (χ3v) is 4.73. The first-order chi connectivity index (χ1) is 9.97. The standard InChI is InChI=1S/C15H12BrCl3O2/c1-20-13-6-10(11(16)7-14(13)21-2)15(19)9-4-3-8(17)5-12(9)18/h3-7,15H,1-2H3. The van der Waals surface area contributed by atoms with Crippen molar-refractivity contribution in [3.8, 4) is 11.5 Å². The van der Waals surface area contributed by atoms with Crippen molar-refractivity contribution >= 4 is 50.7 Å². The number of methoxy groups -OCH3 is 2. The molecule has 0 fully saturated rings. The minimum Gasteiger partial charge on any atom is -0.493 e. The highest BCUT2D eigenvalue weighted by Crippen LogP contribution is 2.42. The van der Waals surface area contributed by atoms with Gasteiger partial charge in [-0.25, -0.2) is 0 Å². The zero-order valence-electron chi connectivity index (χ0n) is 11.3. The van der Waals surface area contributed by atoms with Gasteiger partial charge in [0, 0.05) is 14.5 Å². The fraction of sp³-hybridized carbons (Fsp3) is 0.200. The van der Waals surface area contributed by atoms with E-state index in [1.165, 1.54) is 0 Å². The van der Waals surface area contributed by atoms with E-state index in [2.05, 4.69) is 15.9 Å². The Bertz CT molecular complexity index is 662. The topological polar surface area (TPSA) is 18.5 Å². The van der Waals surface area contributed by atoms with Crippen LogP contribution in [0.3, 0.4) is 0 Å². The van der Waals surface area contributed by atoms with E-state index in [0.717, 1.165) is 15.6 Å². The number of hydrogen-bond donors (Lipinski definition) is 0. The van der Waals surface area contributed by atoms with Crippen molar-refractivity contribution in [3.05, 3.63) is 56.0 Å². The van der Waals surface area contributed by atoms with E-state index in [0.29, 0.717) is 21.5 Å². The van der Waals surface area contributed by atoms with Gasteiger partial charge < -0.3 is 9.47 Å². The van der Waals surface area contributed by atoms with Crippen LogP contribution in [0.5, 0.6) is 11.5 Å². The predicted octanol–water partition coefficient (Wildman–Crippen LogP) is 6.10. The molecule has 21 heavy (non-hydrogen) atoms. The van der Waals surface area contributed by atoms with Crippen molar-refractivity contribution in [2.24, 2.45) is 0 Å². The second-order valence-corrected chi connectivity index (χ2v) is 6.39. The van der Waals surface area contributed by atoms with Gasteiger partial charge in [0.1, 0.15) is 0 Å². The van der Waals surface area contributed by atoms with Gasteiger partial charge in [0.15, 0.2) is 11.5 Å². The van der Waals surface area contributed by atoms with E-state index < -0.39 is 5.38 Å². The maximum Gasteiger partial charge on any atom is 0.161 e. The van der Waals surface area contributed by atoms with Crippen molar-refractivity contribution in [1.82, 2.24) is 0 Å². The highest BCUT2D eigenvalue weighted by molar-refractivity contribution is 9.10. The van der Waals surface area contributed by atoms with E-state index in [4.69, 9.17) is 44.3 Å². The Morgan fingerprint density at radius 1 is 0.952 bits per heavy atom. The Morgan fingerprint density at radius 3 is 2.14 bits per heavy atom. The number of hydrogen-bond acceptors (Lipinski definition) is 2. The monoisotopic (exact) mass is 408 g/mol. The summed E-state index contributed by atoms with van der Waals surface area (Å²) >= 11 is 22.2. The van der Waals surface area contributed by atoms with Crippen LogP contribution in [-0.2, 0) is 0 Å². The van der Waals surface area contributed by atoms with Gasteiger partial charge in [-0.3, -0.25) is 0 Å². The summed E-state index contributed by atoms with van der Waals surface area (Å²) < 4.78 is 11.4. The Hall–Kier alpha value is -0.610. The molecule has 0 bridgehead atoms. The van der Waals surface area contributed by atoms with Gasteiger partial charge in [-0.05, 0) is 35.4 Å². The molecule has 0 aliphatic heterocycles. The molecule has 0 heterocycles. The van der Waals surface area contributed by atoms with Gasteiger partial charge in [0.05, 0.1) is 19.6 Å². The quantitative estimate of drug-likeness (QED) is 0.567. The largest absolute Gasteiger partial charge is 0.493 e. The number of ether oxygens (including phenoxy) is 2. The van der Waals surface area contributed by atoms with Gasteiger partial charge in [-0.15, -0.1) is 11.6 Å². The molecular formula is C15H12BrCl3O2. The smallest absolute Gasteiger partial charge is 0.161 e. The van der Waals surface area contributed by atoms with E-state index >= 15 is 0 Å².